The topological polar surface area (TPSA) is 42.2 Å². The lowest BCUT2D eigenvalue weighted by atomic mass is 9.99. The summed E-state index contributed by atoms with van der Waals surface area (Å²) >= 11 is 1.56. The molecule has 3 heterocycles. The maximum Gasteiger partial charge on any atom is 0.187 e. The molecule has 5 heteroatoms. The minimum absolute atomic E-state index is 0.774. The second-order valence-corrected chi connectivity index (χ2v) is 8.83. The van der Waals surface area contributed by atoms with Crippen molar-refractivity contribution in [3.63, 3.8) is 0 Å². The van der Waals surface area contributed by atoms with Crippen molar-refractivity contribution in [1.82, 2.24) is 14.9 Å². The molecule has 29 heavy (non-hydrogen) atoms. The van der Waals surface area contributed by atoms with Crippen LogP contribution in [0.4, 0.5) is 0 Å². The van der Waals surface area contributed by atoms with Gasteiger partial charge in [0, 0.05) is 11.8 Å². The van der Waals surface area contributed by atoms with Crippen molar-refractivity contribution < 1.29 is 4.42 Å². The quantitative estimate of drug-likeness (QED) is 0.408. The molecule has 0 bridgehead atoms. The van der Waals surface area contributed by atoms with E-state index in [9.17, 15) is 0 Å². The molecule has 2 aromatic heterocycles. The molecule has 2 aliphatic rings. The first-order chi connectivity index (χ1) is 14.3. The summed E-state index contributed by atoms with van der Waals surface area (Å²) in [5.74, 6) is 1.90. The molecule has 0 N–H and O–H groups in total. The average molecular weight is 406 g/mol. The lowest BCUT2D eigenvalue weighted by molar-refractivity contribution is 0.206. The van der Waals surface area contributed by atoms with E-state index in [0.29, 0.717) is 0 Å². The third-order valence-electron chi connectivity index (χ3n) is 6.07. The Morgan fingerprint density at radius 1 is 1.00 bits per heavy atom. The summed E-state index contributed by atoms with van der Waals surface area (Å²) in [6, 6.07) is 11.1. The van der Waals surface area contributed by atoms with Crippen LogP contribution in [0.1, 0.15) is 42.6 Å². The van der Waals surface area contributed by atoms with Crippen LogP contribution in [0.25, 0.3) is 22.6 Å². The summed E-state index contributed by atoms with van der Waals surface area (Å²) in [4.78, 5) is 11.6. The zero-order valence-electron chi connectivity index (χ0n) is 17.0. The number of aromatic nitrogens is 2. The van der Waals surface area contributed by atoms with Gasteiger partial charge in [0.2, 0.25) is 0 Å². The monoisotopic (exact) mass is 405 g/mol. The van der Waals surface area contributed by atoms with Crippen LogP contribution < -0.4 is 0 Å². The van der Waals surface area contributed by atoms with Crippen molar-refractivity contribution >= 4 is 11.8 Å². The van der Waals surface area contributed by atoms with Crippen LogP contribution in [0.5, 0.6) is 0 Å². The van der Waals surface area contributed by atoms with E-state index in [1.807, 2.05) is 18.5 Å². The van der Waals surface area contributed by atoms with E-state index in [2.05, 4.69) is 34.1 Å². The number of piperidine rings is 1. The first-order valence-corrected chi connectivity index (χ1v) is 11.9. The Morgan fingerprint density at radius 2 is 1.86 bits per heavy atom. The van der Waals surface area contributed by atoms with E-state index in [1.165, 1.54) is 55.2 Å². The molecular weight excluding hydrogens is 378 g/mol. The van der Waals surface area contributed by atoms with Crippen LogP contribution in [0.2, 0.25) is 0 Å². The largest absolute Gasteiger partial charge is 0.457 e. The third-order valence-corrected chi connectivity index (χ3v) is 6.63. The van der Waals surface area contributed by atoms with Crippen LogP contribution >= 0.6 is 11.8 Å². The van der Waals surface area contributed by atoms with Gasteiger partial charge in [-0.25, -0.2) is 9.97 Å². The summed E-state index contributed by atoms with van der Waals surface area (Å²) in [5.41, 5.74) is 6.24. The Kier molecular flexibility index (Phi) is 5.42. The number of fused-ring (bicyclic) bond motifs is 1. The van der Waals surface area contributed by atoms with Gasteiger partial charge in [0.05, 0.1) is 6.54 Å². The number of hydrogen-bond acceptors (Lipinski definition) is 5. The molecule has 5 rings (SSSR count). The maximum absolute atomic E-state index is 6.44. The second-order valence-electron chi connectivity index (χ2n) is 8.06. The Balaban J connectivity index is 1.55. The van der Waals surface area contributed by atoms with Gasteiger partial charge < -0.3 is 4.42 Å². The minimum Gasteiger partial charge on any atom is -0.457 e. The van der Waals surface area contributed by atoms with Crippen molar-refractivity contribution in [2.75, 3.05) is 19.3 Å². The Hall–Kier alpha value is -2.11. The highest BCUT2D eigenvalue weighted by atomic mass is 32.2. The van der Waals surface area contributed by atoms with Gasteiger partial charge in [-0.3, -0.25) is 4.90 Å². The van der Waals surface area contributed by atoms with Gasteiger partial charge in [-0.1, -0.05) is 36.4 Å². The molecule has 0 amide bonds. The molecule has 4 nitrogen and oxygen atoms in total. The Bertz CT molecular complexity index is 1010. The van der Waals surface area contributed by atoms with Crippen molar-refractivity contribution in [1.29, 1.82) is 0 Å². The normalized spacial score (nSPS) is 16.9. The van der Waals surface area contributed by atoms with E-state index >= 15 is 0 Å². The number of nitrogens with zero attached hydrogens (tertiary/aromatic N) is 3. The number of hydrogen-bond donors (Lipinski definition) is 0. The van der Waals surface area contributed by atoms with Gasteiger partial charge in [0.1, 0.15) is 11.5 Å². The number of rotatable bonds is 5. The van der Waals surface area contributed by atoms with Crippen LogP contribution in [0.3, 0.4) is 0 Å². The van der Waals surface area contributed by atoms with Gasteiger partial charge in [-0.2, -0.15) is 0 Å². The van der Waals surface area contributed by atoms with E-state index in [1.54, 1.807) is 11.8 Å². The molecule has 0 unspecified atom stereocenters. The fourth-order valence-corrected chi connectivity index (χ4v) is 4.92. The number of aryl methyl sites for hydroxylation is 2. The number of likely N-dealkylation sites (tertiary alicyclic amines) is 1. The van der Waals surface area contributed by atoms with Crippen LogP contribution in [0, 0.1) is 0 Å². The van der Waals surface area contributed by atoms with E-state index < -0.39 is 0 Å². The molecule has 150 valence electrons. The molecule has 0 radical (unpaired) electrons. The number of benzene rings is 1. The van der Waals surface area contributed by atoms with Crippen LogP contribution in [-0.2, 0) is 19.4 Å². The van der Waals surface area contributed by atoms with Crippen molar-refractivity contribution in [3.05, 3.63) is 53.4 Å². The summed E-state index contributed by atoms with van der Waals surface area (Å²) in [6.07, 6.45) is 11.4. The van der Waals surface area contributed by atoms with Gasteiger partial charge in [0.15, 0.2) is 10.9 Å². The Labute approximate surface area is 176 Å². The summed E-state index contributed by atoms with van der Waals surface area (Å²) in [5, 5.41) is 0.774. The zero-order chi connectivity index (χ0) is 19.6. The molecule has 1 saturated heterocycles. The summed E-state index contributed by atoms with van der Waals surface area (Å²) < 4.78 is 6.44. The molecule has 0 saturated carbocycles. The first-order valence-electron chi connectivity index (χ1n) is 10.6. The SMILES string of the molecule is CSc1nccc(-c2oc(CN3CCCCC3)cc2-c2ccc3c(c2)CCC3)n1. The lowest BCUT2D eigenvalue weighted by Gasteiger charge is -2.25. The fourth-order valence-electron chi connectivity index (χ4n) is 4.57. The fraction of sp³-hybridized carbons (Fsp3) is 0.417. The van der Waals surface area contributed by atoms with E-state index in [0.717, 1.165) is 47.6 Å². The summed E-state index contributed by atoms with van der Waals surface area (Å²) in [7, 11) is 0. The first kappa shape index (κ1) is 18.9. The standard InChI is InChI=1S/C24H27N3OS/c1-29-24-25-11-10-22(26-24)23-21(19-9-8-17-6-5-7-18(17)14-19)15-20(28-23)16-27-12-3-2-4-13-27/h8-11,14-15H,2-7,12-13,16H2,1H3. The molecule has 0 spiro atoms. The molecular formula is C24H27N3OS. The highest BCUT2D eigenvalue weighted by molar-refractivity contribution is 7.98. The van der Waals surface area contributed by atoms with Gasteiger partial charge >= 0.3 is 0 Å². The van der Waals surface area contributed by atoms with Gasteiger partial charge in [-0.05, 0) is 80.3 Å². The molecule has 1 fully saturated rings. The average Bonchev–Trinajstić information content (AvgIpc) is 3.41. The number of thioether (sulfide) groups is 1. The lowest BCUT2D eigenvalue weighted by Crippen LogP contribution is -2.28. The minimum atomic E-state index is 0.774. The van der Waals surface area contributed by atoms with Crippen molar-refractivity contribution in [2.45, 2.75) is 50.2 Å². The predicted octanol–water partition coefficient (Wildman–Crippen LogP) is 5.60. The van der Waals surface area contributed by atoms with Crippen molar-refractivity contribution in [3.8, 4) is 22.6 Å². The van der Waals surface area contributed by atoms with Gasteiger partial charge in [0.25, 0.3) is 0 Å². The molecule has 3 aromatic rings. The maximum atomic E-state index is 6.44. The molecule has 1 aliphatic carbocycles. The summed E-state index contributed by atoms with van der Waals surface area (Å²) in [6.45, 7) is 3.20. The Morgan fingerprint density at radius 3 is 2.72 bits per heavy atom. The third kappa shape index (κ3) is 3.99. The van der Waals surface area contributed by atoms with E-state index in [4.69, 9.17) is 9.40 Å². The number of furan rings is 1. The van der Waals surface area contributed by atoms with Crippen LogP contribution in [0.15, 0.2) is 46.1 Å². The molecule has 1 aromatic carbocycles. The highest BCUT2D eigenvalue weighted by Crippen LogP contribution is 2.37. The predicted molar refractivity (Wildman–Crippen MR) is 118 cm³/mol. The molecule has 0 atom stereocenters. The van der Waals surface area contributed by atoms with E-state index in [-0.39, 0.29) is 0 Å². The zero-order valence-corrected chi connectivity index (χ0v) is 17.8. The van der Waals surface area contributed by atoms with Crippen molar-refractivity contribution in [2.24, 2.45) is 0 Å². The molecule has 1 aliphatic heterocycles. The van der Waals surface area contributed by atoms with Gasteiger partial charge in [-0.15, -0.1) is 0 Å². The second kappa shape index (κ2) is 8.33. The van der Waals surface area contributed by atoms with Crippen LogP contribution in [-0.4, -0.2) is 34.2 Å². The smallest absolute Gasteiger partial charge is 0.187 e. The highest BCUT2D eigenvalue weighted by Gasteiger charge is 2.21.